The van der Waals surface area contributed by atoms with Gasteiger partial charge in [-0.1, -0.05) is 25.5 Å². The number of Topliss-reactive ketones (excluding diaryl/α,β-unsaturated/α-hetero) is 1. The van der Waals surface area contributed by atoms with Gasteiger partial charge >= 0.3 is 0 Å². The molecule has 1 nitrogen and oxygen atoms in total. The molecule has 0 radical (unpaired) electrons. The molecular formula is C10H14O. The third-order valence-electron chi connectivity index (χ3n) is 3.34. The second-order valence-corrected chi connectivity index (χ2v) is 4.35. The number of rotatable bonds is 0. The van der Waals surface area contributed by atoms with E-state index in [1.807, 2.05) is 0 Å². The summed E-state index contributed by atoms with van der Waals surface area (Å²) < 4.78 is 0. The molecule has 0 aromatic rings. The summed E-state index contributed by atoms with van der Waals surface area (Å²) in [5, 5.41) is 0. The molecule has 0 saturated heterocycles. The van der Waals surface area contributed by atoms with Crippen LogP contribution in [0.5, 0.6) is 0 Å². The second kappa shape index (κ2) is 1.77. The van der Waals surface area contributed by atoms with E-state index in [2.05, 4.69) is 26.8 Å². The number of hydrogen-bond acceptors (Lipinski definition) is 1. The topological polar surface area (TPSA) is 17.1 Å². The van der Waals surface area contributed by atoms with Gasteiger partial charge in [0.2, 0.25) is 0 Å². The highest BCUT2D eigenvalue weighted by molar-refractivity contribution is 5.95. The lowest BCUT2D eigenvalue weighted by Gasteiger charge is -2.47. The summed E-state index contributed by atoms with van der Waals surface area (Å²) in [7, 11) is 0. The Morgan fingerprint density at radius 1 is 1.55 bits per heavy atom. The van der Waals surface area contributed by atoms with Crippen LogP contribution in [0.25, 0.3) is 0 Å². The first kappa shape index (κ1) is 7.08. The molecule has 2 aliphatic carbocycles. The van der Waals surface area contributed by atoms with Gasteiger partial charge in [-0.3, -0.25) is 4.79 Å². The standard InChI is InChI=1S/C10H14O/c1-6-4-5-7-8(6)10(2,3)9(7)11/h4,7-8H,5H2,1-3H3. The monoisotopic (exact) mass is 150 g/mol. The van der Waals surface area contributed by atoms with Crippen molar-refractivity contribution in [2.45, 2.75) is 27.2 Å². The van der Waals surface area contributed by atoms with Crippen molar-refractivity contribution >= 4 is 5.78 Å². The van der Waals surface area contributed by atoms with E-state index in [1.165, 1.54) is 5.57 Å². The summed E-state index contributed by atoms with van der Waals surface area (Å²) in [6, 6.07) is 0. The molecule has 2 atom stereocenters. The van der Waals surface area contributed by atoms with Crippen molar-refractivity contribution in [3.63, 3.8) is 0 Å². The summed E-state index contributed by atoms with van der Waals surface area (Å²) in [5.41, 5.74) is 1.38. The molecule has 1 fully saturated rings. The number of fused-ring (bicyclic) bond motifs is 1. The van der Waals surface area contributed by atoms with Gasteiger partial charge in [-0.15, -0.1) is 0 Å². The first-order chi connectivity index (χ1) is 5.05. The fourth-order valence-corrected chi connectivity index (χ4v) is 2.76. The number of carbonyl (C=O) groups excluding carboxylic acids is 1. The van der Waals surface area contributed by atoms with Gasteiger partial charge in [0.25, 0.3) is 0 Å². The summed E-state index contributed by atoms with van der Waals surface area (Å²) >= 11 is 0. The third kappa shape index (κ3) is 0.640. The minimum Gasteiger partial charge on any atom is -0.299 e. The van der Waals surface area contributed by atoms with Gasteiger partial charge in [-0.2, -0.15) is 0 Å². The van der Waals surface area contributed by atoms with Crippen LogP contribution in [-0.2, 0) is 4.79 Å². The van der Waals surface area contributed by atoms with E-state index in [1.54, 1.807) is 0 Å². The molecule has 1 heteroatoms. The first-order valence-electron chi connectivity index (χ1n) is 4.26. The van der Waals surface area contributed by atoms with Crippen LogP contribution in [0.3, 0.4) is 0 Å². The van der Waals surface area contributed by atoms with Gasteiger partial charge in [0.1, 0.15) is 5.78 Å². The van der Waals surface area contributed by atoms with Gasteiger partial charge in [0.05, 0.1) is 0 Å². The maximum absolute atomic E-state index is 11.5. The van der Waals surface area contributed by atoms with Gasteiger partial charge in [0, 0.05) is 17.3 Å². The quantitative estimate of drug-likeness (QED) is 0.484. The van der Waals surface area contributed by atoms with Crippen molar-refractivity contribution in [1.82, 2.24) is 0 Å². The van der Waals surface area contributed by atoms with Crippen LogP contribution in [0.4, 0.5) is 0 Å². The molecule has 0 aromatic heterocycles. The maximum atomic E-state index is 11.5. The molecule has 0 aromatic carbocycles. The molecular weight excluding hydrogens is 136 g/mol. The molecule has 1 saturated carbocycles. The summed E-state index contributed by atoms with van der Waals surface area (Å²) in [6.07, 6.45) is 3.22. The average Bonchev–Trinajstić information content (AvgIpc) is 2.29. The van der Waals surface area contributed by atoms with E-state index >= 15 is 0 Å². The summed E-state index contributed by atoms with van der Waals surface area (Å²) in [6.45, 7) is 6.29. The number of ketones is 1. The van der Waals surface area contributed by atoms with E-state index in [9.17, 15) is 4.79 Å². The Kier molecular flexibility index (Phi) is 1.14. The molecule has 0 bridgehead atoms. The zero-order valence-electron chi connectivity index (χ0n) is 7.35. The molecule has 0 spiro atoms. The molecule has 60 valence electrons. The van der Waals surface area contributed by atoms with Crippen LogP contribution < -0.4 is 0 Å². The lowest BCUT2D eigenvalue weighted by atomic mass is 9.54. The van der Waals surface area contributed by atoms with Crippen molar-refractivity contribution in [3.05, 3.63) is 11.6 Å². The molecule has 0 amide bonds. The zero-order valence-corrected chi connectivity index (χ0v) is 7.35. The van der Waals surface area contributed by atoms with Crippen molar-refractivity contribution in [2.75, 3.05) is 0 Å². The van der Waals surface area contributed by atoms with Crippen molar-refractivity contribution in [3.8, 4) is 0 Å². The van der Waals surface area contributed by atoms with Gasteiger partial charge in [0.15, 0.2) is 0 Å². The summed E-state index contributed by atoms with van der Waals surface area (Å²) in [4.78, 5) is 11.5. The molecule has 2 rings (SSSR count). The Morgan fingerprint density at radius 3 is 2.73 bits per heavy atom. The average molecular weight is 150 g/mol. The molecule has 0 heterocycles. The van der Waals surface area contributed by atoms with Crippen LogP contribution in [0.1, 0.15) is 27.2 Å². The zero-order chi connectivity index (χ0) is 8.22. The molecule has 0 aliphatic heterocycles. The SMILES string of the molecule is CC1=CCC2C(=O)C(C)(C)C12. The molecule has 11 heavy (non-hydrogen) atoms. The van der Waals surface area contributed by atoms with Crippen LogP contribution >= 0.6 is 0 Å². The normalized spacial score (nSPS) is 39.5. The maximum Gasteiger partial charge on any atom is 0.143 e. The fraction of sp³-hybridized carbons (Fsp3) is 0.700. The highest BCUT2D eigenvalue weighted by Crippen LogP contribution is 2.55. The Hall–Kier alpha value is -0.590. The predicted molar refractivity (Wildman–Crippen MR) is 44.1 cm³/mol. The Labute approximate surface area is 67.5 Å². The van der Waals surface area contributed by atoms with Gasteiger partial charge in [-0.05, 0) is 13.3 Å². The first-order valence-corrected chi connectivity index (χ1v) is 4.26. The molecule has 0 N–H and O–H groups in total. The Balaban J connectivity index is 2.32. The van der Waals surface area contributed by atoms with E-state index in [-0.39, 0.29) is 5.41 Å². The minimum absolute atomic E-state index is 0.0538. The Morgan fingerprint density at radius 2 is 2.18 bits per heavy atom. The largest absolute Gasteiger partial charge is 0.299 e. The van der Waals surface area contributed by atoms with Gasteiger partial charge in [-0.25, -0.2) is 0 Å². The van der Waals surface area contributed by atoms with Crippen molar-refractivity contribution < 1.29 is 4.79 Å². The minimum atomic E-state index is -0.0538. The third-order valence-corrected chi connectivity index (χ3v) is 3.34. The van der Waals surface area contributed by atoms with Crippen molar-refractivity contribution in [1.29, 1.82) is 0 Å². The summed E-state index contributed by atoms with van der Waals surface area (Å²) in [5.74, 6) is 1.38. The van der Waals surface area contributed by atoms with E-state index in [4.69, 9.17) is 0 Å². The lowest BCUT2D eigenvalue weighted by Crippen LogP contribution is -2.52. The molecule has 2 aliphatic rings. The van der Waals surface area contributed by atoms with Crippen LogP contribution in [0.15, 0.2) is 11.6 Å². The van der Waals surface area contributed by atoms with Crippen molar-refractivity contribution in [2.24, 2.45) is 17.3 Å². The van der Waals surface area contributed by atoms with E-state index in [0.29, 0.717) is 17.6 Å². The van der Waals surface area contributed by atoms with E-state index in [0.717, 1.165) is 6.42 Å². The fourth-order valence-electron chi connectivity index (χ4n) is 2.76. The smallest absolute Gasteiger partial charge is 0.143 e. The van der Waals surface area contributed by atoms with E-state index < -0.39 is 0 Å². The highest BCUT2D eigenvalue weighted by atomic mass is 16.1. The predicted octanol–water partition coefficient (Wildman–Crippen LogP) is 2.18. The number of carbonyl (C=O) groups is 1. The highest BCUT2D eigenvalue weighted by Gasteiger charge is 2.57. The van der Waals surface area contributed by atoms with Crippen LogP contribution in [0, 0.1) is 17.3 Å². The second-order valence-electron chi connectivity index (χ2n) is 4.35. The Bertz CT molecular complexity index is 248. The van der Waals surface area contributed by atoms with Crippen LogP contribution in [0.2, 0.25) is 0 Å². The number of allylic oxidation sites excluding steroid dienone is 2. The lowest BCUT2D eigenvalue weighted by molar-refractivity contribution is -0.148. The molecule has 2 unspecified atom stereocenters. The number of hydrogen-bond donors (Lipinski definition) is 0. The van der Waals surface area contributed by atoms with Crippen LogP contribution in [-0.4, -0.2) is 5.78 Å². The van der Waals surface area contributed by atoms with Gasteiger partial charge < -0.3 is 0 Å².